The van der Waals surface area contributed by atoms with Crippen molar-refractivity contribution in [2.24, 2.45) is 11.8 Å². The van der Waals surface area contributed by atoms with E-state index in [0.29, 0.717) is 6.29 Å². The van der Waals surface area contributed by atoms with Gasteiger partial charge < -0.3 is 4.79 Å². The van der Waals surface area contributed by atoms with Crippen molar-refractivity contribution in [3.63, 3.8) is 0 Å². The molecule has 0 bridgehead atoms. The monoisotopic (exact) mass is 176 g/mol. The Kier molecular flexibility index (Phi) is 3.63. The first-order valence-electron chi connectivity index (χ1n) is 4.49. The quantitative estimate of drug-likeness (QED) is 0.604. The van der Waals surface area contributed by atoms with E-state index in [9.17, 15) is 13.6 Å². The van der Waals surface area contributed by atoms with Gasteiger partial charge in [-0.1, -0.05) is 19.3 Å². The number of carbonyl (C=O) groups is 1. The Balaban J connectivity index is 2.45. The van der Waals surface area contributed by atoms with Crippen molar-refractivity contribution in [1.82, 2.24) is 0 Å². The molecule has 1 fully saturated rings. The molecule has 0 amide bonds. The van der Waals surface area contributed by atoms with Crippen LogP contribution in [0.3, 0.4) is 0 Å². The molecule has 1 nitrogen and oxygen atoms in total. The Bertz CT molecular complexity index is 141. The van der Waals surface area contributed by atoms with Gasteiger partial charge in [-0.3, -0.25) is 0 Å². The van der Waals surface area contributed by atoms with Gasteiger partial charge in [-0.05, 0) is 18.8 Å². The van der Waals surface area contributed by atoms with Gasteiger partial charge in [0.25, 0.3) is 0 Å². The molecule has 1 rings (SSSR count). The van der Waals surface area contributed by atoms with Gasteiger partial charge in [0, 0.05) is 0 Å². The van der Waals surface area contributed by atoms with Gasteiger partial charge >= 0.3 is 0 Å². The zero-order chi connectivity index (χ0) is 8.97. The van der Waals surface area contributed by atoms with Crippen LogP contribution in [-0.2, 0) is 4.79 Å². The van der Waals surface area contributed by atoms with Crippen molar-refractivity contribution in [1.29, 1.82) is 0 Å². The molecule has 0 heterocycles. The maximum atomic E-state index is 12.3. The summed E-state index contributed by atoms with van der Waals surface area (Å²) < 4.78 is 24.5. The number of rotatable bonds is 3. The van der Waals surface area contributed by atoms with Gasteiger partial charge in [-0.25, -0.2) is 8.78 Å². The van der Waals surface area contributed by atoms with Gasteiger partial charge in [0.15, 0.2) is 0 Å². The van der Waals surface area contributed by atoms with Crippen LogP contribution in [0.1, 0.15) is 32.1 Å². The second-order valence-electron chi connectivity index (χ2n) is 3.45. The third kappa shape index (κ3) is 2.26. The standard InChI is InChI=1S/C9H14F2O/c10-9(11)8(6-12)7-4-2-1-3-5-7/h6-9H,1-5H2. The van der Waals surface area contributed by atoms with E-state index in [-0.39, 0.29) is 5.92 Å². The van der Waals surface area contributed by atoms with Gasteiger partial charge in [-0.15, -0.1) is 0 Å². The van der Waals surface area contributed by atoms with Crippen LogP contribution in [0.2, 0.25) is 0 Å². The predicted molar refractivity (Wildman–Crippen MR) is 42.1 cm³/mol. The van der Waals surface area contributed by atoms with Crippen LogP contribution in [0, 0.1) is 11.8 Å². The molecule has 1 unspecified atom stereocenters. The number of hydrogen-bond donors (Lipinski definition) is 0. The molecule has 0 aromatic rings. The number of alkyl halides is 2. The molecule has 0 aromatic carbocycles. The third-order valence-corrected chi connectivity index (χ3v) is 2.64. The highest BCUT2D eigenvalue weighted by atomic mass is 19.3. The van der Waals surface area contributed by atoms with Crippen molar-refractivity contribution in [2.75, 3.05) is 0 Å². The number of hydrogen-bond acceptors (Lipinski definition) is 1. The molecule has 0 N–H and O–H groups in total. The molecule has 0 aliphatic heterocycles. The lowest BCUT2D eigenvalue weighted by atomic mass is 9.81. The Hall–Kier alpha value is -0.470. The summed E-state index contributed by atoms with van der Waals surface area (Å²) >= 11 is 0. The third-order valence-electron chi connectivity index (χ3n) is 2.64. The second kappa shape index (κ2) is 4.53. The van der Waals surface area contributed by atoms with Gasteiger partial charge in [0.1, 0.15) is 6.29 Å². The fraction of sp³-hybridized carbons (Fsp3) is 0.889. The summed E-state index contributed by atoms with van der Waals surface area (Å²) in [6.07, 6.45) is 2.70. The number of aldehydes is 1. The molecule has 0 radical (unpaired) electrons. The van der Waals surface area contributed by atoms with Crippen LogP contribution < -0.4 is 0 Å². The number of carbonyl (C=O) groups excluding carboxylic acids is 1. The molecule has 0 aromatic heterocycles. The Morgan fingerprint density at radius 1 is 1.17 bits per heavy atom. The summed E-state index contributed by atoms with van der Waals surface area (Å²) in [7, 11) is 0. The zero-order valence-corrected chi connectivity index (χ0v) is 7.01. The van der Waals surface area contributed by atoms with Crippen molar-refractivity contribution >= 4 is 6.29 Å². The highest BCUT2D eigenvalue weighted by Gasteiger charge is 2.30. The fourth-order valence-electron chi connectivity index (χ4n) is 1.90. The zero-order valence-electron chi connectivity index (χ0n) is 7.01. The van der Waals surface area contributed by atoms with Crippen molar-refractivity contribution in [2.45, 2.75) is 38.5 Å². The highest BCUT2D eigenvalue weighted by molar-refractivity contribution is 5.54. The van der Waals surface area contributed by atoms with E-state index in [1.54, 1.807) is 0 Å². The topological polar surface area (TPSA) is 17.1 Å². The van der Waals surface area contributed by atoms with Crippen LogP contribution in [0.4, 0.5) is 8.78 Å². The molecular formula is C9H14F2O. The largest absolute Gasteiger partial charge is 0.303 e. The summed E-state index contributed by atoms with van der Waals surface area (Å²) in [6, 6.07) is 0. The average molecular weight is 176 g/mol. The van der Waals surface area contributed by atoms with Crippen molar-refractivity contribution < 1.29 is 13.6 Å². The molecule has 1 saturated carbocycles. The lowest BCUT2D eigenvalue weighted by molar-refractivity contribution is -0.118. The first-order chi connectivity index (χ1) is 5.75. The first-order valence-corrected chi connectivity index (χ1v) is 4.49. The fourth-order valence-corrected chi connectivity index (χ4v) is 1.90. The predicted octanol–water partition coefficient (Wildman–Crippen LogP) is 2.65. The van der Waals surface area contributed by atoms with Gasteiger partial charge in [-0.2, -0.15) is 0 Å². The molecule has 1 aliphatic rings. The van der Waals surface area contributed by atoms with Crippen LogP contribution in [0.15, 0.2) is 0 Å². The van der Waals surface area contributed by atoms with Crippen LogP contribution in [0.5, 0.6) is 0 Å². The molecule has 1 atom stereocenters. The lowest BCUT2D eigenvalue weighted by Gasteiger charge is -2.25. The molecular weight excluding hydrogens is 162 g/mol. The maximum absolute atomic E-state index is 12.3. The summed E-state index contributed by atoms with van der Waals surface area (Å²) in [5.41, 5.74) is 0. The van der Waals surface area contributed by atoms with E-state index >= 15 is 0 Å². The molecule has 0 saturated heterocycles. The average Bonchev–Trinajstić information content (AvgIpc) is 2.07. The van der Waals surface area contributed by atoms with E-state index in [0.717, 1.165) is 32.1 Å². The lowest BCUT2D eigenvalue weighted by Crippen LogP contribution is -2.25. The van der Waals surface area contributed by atoms with Crippen molar-refractivity contribution in [3.8, 4) is 0 Å². The van der Waals surface area contributed by atoms with E-state index in [1.807, 2.05) is 0 Å². The highest BCUT2D eigenvalue weighted by Crippen LogP contribution is 2.31. The summed E-state index contributed by atoms with van der Waals surface area (Å²) in [5.74, 6) is -1.07. The van der Waals surface area contributed by atoms with Crippen molar-refractivity contribution in [3.05, 3.63) is 0 Å². The maximum Gasteiger partial charge on any atom is 0.248 e. The molecule has 3 heteroatoms. The van der Waals surface area contributed by atoms with E-state index in [1.165, 1.54) is 0 Å². The first kappa shape index (κ1) is 9.62. The molecule has 12 heavy (non-hydrogen) atoms. The van der Waals surface area contributed by atoms with E-state index in [2.05, 4.69) is 0 Å². The SMILES string of the molecule is O=CC(C(F)F)C1CCCCC1. The van der Waals surface area contributed by atoms with E-state index < -0.39 is 12.3 Å². The Labute approximate surface area is 71.1 Å². The summed E-state index contributed by atoms with van der Waals surface area (Å²) in [6.45, 7) is 0. The number of halogens is 2. The minimum atomic E-state index is -2.47. The smallest absolute Gasteiger partial charge is 0.248 e. The van der Waals surface area contributed by atoms with Crippen LogP contribution in [0.25, 0.3) is 0 Å². The Morgan fingerprint density at radius 2 is 1.75 bits per heavy atom. The van der Waals surface area contributed by atoms with Gasteiger partial charge in [0.2, 0.25) is 6.43 Å². The summed E-state index contributed by atoms with van der Waals surface area (Å²) in [5, 5.41) is 0. The van der Waals surface area contributed by atoms with Crippen LogP contribution >= 0.6 is 0 Å². The Morgan fingerprint density at radius 3 is 2.17 bits per heavy atom. The molecule has 1 aliphatic carbocycles. The van der Waals surface area contributed by atoms with Gasteiger partial charge in [0.05, 0.1) is 5.92 Å². The van der Waals surface area contributed by atoms with Crippen LogP contribution in [-0.4, -0.2) is 12.7 Å². The summed E-state index contributed by atoms with van der Waals surface area (Å²) in [4.78, 5) is 10.4. The van der Waals surface area contributed by atoms with E-state index in [4.69, 9.17) is 0 Å². The second-order valence-corrected chi connectivity index (χ2v) is 3.45. The normalized spacial score (nSPS) is 22.6. The minimum Gasteiger partial charge on any atom is -0.303 e. The molecule has 0 spiro atoms. The minimum absolute atomic E-state index is 0.0590. The molecule has 70 valence electrons.